The number of ether oxygens (including phenoxy) is 1. The maximum atomic E-state index is 12.2. The maximum Gasteiger partial charge on any atom is 0.293 e. The zero-order valence-corrected chi connectivity index (χ0v) is 16.3. The number of hydrogen-bond donors (Lipinski definition) is 2. The first-order chi connectivity index (χ1) is 14.1. The summed E-state index contributed by atoms with van der Waals surface area (Å²) in [5.74, 6) is 0.235. The van der Waals surface area contributed by atoms with Gasteiger partial charge >= 0.3 is 0 Å². The average molecular weight is 407 g/mol. The Bertz CT molecular complexity index is 1170. The summed E-state index contributed by atoms with van der Waals surface area (Å²) in [6, 6.07) is 16.1. The molecule has 2 aromatic heterocycles. The Balaban J connectivity index is 1.39. The number of nitrogens with zero attached hydrogens (tertiary/aromatic N) is 1. The van der Waals surface area contributed by atoms with E-state index in [4.69, 9.17) is 9.15 Å². The van der Waals surface area contributed by atoms with Gasteiger partial charge in [0, 0.05) is 5.69 Å². The smallest absolute Gasteiger partial charge is 0.293 e. The van der Waals surface area contributed by atoms with Gasteiger partial charge in [-0.15, -0.1) is 0 Å². The Morgan fingerprint density at radius 1 is 1.10 bits per heavy atom. The fourth-order valence-electron chi connectivity index (χ4n) is 2.67. The molecule has 7 nitrogen and oxygen atoms in total. The third-order valence-corrected chi connectivity index (χ3v) is 4.93. The zero-order valence-electron chi connectivity index (χ0n) is 15.5. The Morgan fingerprint density at radius 2 is 2.00 bits per heavy atom. The van der Waals surface area contributed by atoms with Crippen LogP contribution in [0.2, 0.25) is 0 Å². The molecule has 0 fully saturated rings. The number of fused-ring (bicyclic) bond motifs is 1. The van der Waals surface area contributed by atoms with Crippen molar-refractivity contribution in [1.82, 2.24) is 4.98 Å². The second-order valence-corrected chi connectivity index (χ2v) is 7.32. The van der Waals surface area contributed by atoms with Gasteiger partial charge in [-0.1, -0.05) is 23.5 Å². The molecule has 8 heteroatoms. The van der Waals surface area contributed by atoms with Gasteiger partial charge in [0.2, 0.25) is 0 Å². The fraction of sp³-hybridized carbons (Fsp3) is 0.0952. The van der Waals surface area contributed by atoms with Crippen LogP contribution in [0.25, 0.3) is 10.2 Å². The molecule has 2 aromatic carbocycles. The summed E-state index contributed by atoms with van der Waals surface area (Å²) in [7, 11) is 0. The Hall–Kier alpha value is -3.65. The summed E-state index contributed by atoms with van der Waals surface area (Å²) in [6.45, 7) is 1.87. The number of furan rings is 1. The zero-order chi connectivity index (χ0) is 20.2. The third-order valence-electron chi connectivity index (χ3n) is 4.00. The van der Waals surface area contributed by atoms with Crippen molar-refractivity contribution >= 4 is 44.2 Å². The fourth-order valence-corrected chi connectivity index (χ4v) is 3.57. The van der Waals surface area contributed by atoms with Crippen molar-refractivity contribution in [2.24, 2.45) is 0 Å². The Morgan fingerprint density at radius 3 is 2.79 bits per heavy atom. The minimum Gasteiger partial charge on any atom is -0.484 e. The molecule has 0 unspecified atom stereocenters. The molecule has 29 heavy (non-hydrogen) atoms. The molecule has 0 aliphatic heterocycles. The predicted octanol–water partition coefficient (Wildman–Crippen LogP) is 4.47. The van der Waals surface area contributed by atoms with Gasteiger partial charge in [0.1, 0.15) is 5.75 Å². The van der Waals surface area contributed by atoms with Crippen LogP contribution in [0.5, 0.6) is 5.75 Å². The lowest BCUT2D eigenvalue weighted by molar-refractivity contribution is -0.118. The molecular formula is C21H17N3O4S. The standard InChI is InChI=1S/C21H17N3O4S/c1-13-4-2-5-15(10-13)28-12-19(25)22-14-7-8-16-18(11-14)29-21(23-16)24-20(26)17-6-3-9-27-17/h2-11H,12H2,1H3,(H,22,25)(H,23,24,26). The number of hydrogen-bond acceptors (Lipinski definition) is 6. The highest BCUT2D eigenvalue weighted by molar-refractivity contribution is 7.22. The number of thiazole rings is 1. The van der Waals surface area contributed by atoms with Gasteiger partial charge in [-0.05, 0) is 55.0 Å². The lowest BCUT2D eigenvalue weighted by atomic mass is 10.2. The number of rotatable bonds is 6. The maximum absolute atomic E-state index is 12.2. The van der Waals surface area contributed by atoms with E-state index in [0.717, 1.165) is 15.8 Å². The number of aryl methyl sites for hydroxylation is 1. The van der Waals surface area contributed by atoms with Crippen molar-refractivity contribution in [3.05, 3.63) is 72.2 Å². The second-order valence-electron chi connectivity index (χ2n) is 6.29. The van der Waals surface area contributed by atoms with Crippen molar-refractivity contribution in [2.75, 3.05) is 17.2 Å². The van der Waals surface area contributed by atoms with Gasteiger partial charge in [-0.2, -0.15) is 0 Å². The Labute approximate surface area is 170 Å². The normalized spacial score (nSPS) is 10.7. The quantitative estimate of drug-likeness (QED) is 0.492. The number of nitrogens with one attached hydrogen (secondary N) is 2. The van der Waals surface area contributed by atoms with Crippen molar-refractivity contribution < 1.29 is 18.7 Å². The van der Waals surface area contributed by atoms with Gasteiger partial charge in [0.05, 0.1) is 16.5 Å². The molecule has 4 aromatic rings. The first kappa shape index (κ1) is 18.7. The summed E-state index contributed by atoms with van der Waals surface area (Å²) in [5, 5.41) is 5.96. The molecule has 4 rings (SSSR count). The molecule has 0 aliphatic carbocycles. The van der Waals surface area contributed by atoms with Crippen molar-refractivity contribution in [1.29, 1.82) is 0 Å². The highest BCUT2D eigenvalue weighted by Crippen LogP contribution is 2.28. The average Bonchev–Trinajstić information content (AvgIpc) is 3.35. The monoisotopic (exact) mass is 407 g/mol. The molecule has 0 spiro atoms. The van der Waals surface area contributed by atoms with Gasteiger partial charge in [0.15, 0.2) is 17.5 Å². The number of carbonyl (C=O) groups is 2. The summed E-state index contributed by atoms with van der Waals surface area (Å²) in [6.07, 6.45) is 1.44. The molecule has 146 valence electrons. The van der Waals surface area contributed by atoms with Crippen LogP contribution in [0.4, 0.5) is 10.8 Å². The molecule has 0 bridgehead atoms. The topological polar surface area (TPSA) is 93.5 Å². The van der Waals surface area contributed by atoms with Crippen LogP contribution in [0.1, 0.15) is 16.1 Å². The summed E-state index contributed by atoms with van der Waals surface area (Å²) in [5.41, 5.74) is 2.41. The van der Waals surface area contributed by atoms with Crippen LogP contribution >= 0.6 is 11.3 Å². The number of benzene rings is 2. The van der Waals surface area contributed by atoms with E-state index in [2.05, 4.69) is 15.6 Å². The molecule has 2 heterocycles. The van der Waals surface area contributed by atoms with Crippen molar-refractivity contribution in [3.8, 4) is 5.75 Å². The lowest BCUT2D eigenvalue weighted by Gasteiger charge is -2.08. The van der Waals surface area contributed by atoms with Crippen molar-refractivity contribution in [2.45, 2.75) is 6.92 Å². The van der Waals surface area contributed by atoms with Crippen LogP contribution in [0.15, 0.2) is 65.3 Å². The predicted molar refractivity (Wildman–Crippen MR) is 112 cm³/mol. The molecule has 0 saturated heterocycles. The number of aromatic nitrogens is 1. The van der Waals surface area contributed by atoms with E-state index in [9.17, 15) is 9.59 Å². The minimum absolute atomic E-state index is 0.0887. The van der Waals surface area contributed by atoms with Crippen LogP contribution < -0.4 is 15.4 Å². The third kappa shape index (κ3) is 4.61. The van der Waals surface area contributed by atoms with Crippen LogP contribution in [-0.4, -0.2) is 23.4 Å². The van der Waals surface area contributed by atoms with E-state index in [1.807, 2.05) is 31.2 Å². The Kier molecular flexibility index (Phi) is 5.26. The van der Waals surface area contributed by atoms with E-state index in [1.54, 1.807) is 30.3 Å². The number of anilines is 2. The molecule has 0 radical (unpaired) electrons. The second kappa shape index (κ2) is 8.15. The SMILES string of the molecule is Cc1cccc(OCC(=O)Nc2ccc3nc(NC(=O)c4ccco4)sc3c2)c1. The van der Waals surface area contributed by atoms with Crippen LogP contribution in [0.3, 0.4) is 0 Å². The summed E-state index contributed by atoms with van der Waals surface area (Å²) in [4.78, 5) is 28.6. The highest BCUT2D eigenvalue weighted by Gasteiger charge is 2.13. The number of carbonyl (C=O) groups excluding carboxylic acids is 2. The minimum atomic E-state index is -0.365. The molecule has 2 N–H and O–H groups in total. The first-order valence-corrected chi connectivity index (χ1v) is 9.63. The van der Waals surface area contributed by atoms with Gasteiger partial charge in [-0.3, -0.25) is 14.9 Å². The summed E-state index contributed by atoms with van der Waals surface area (Å²) >= 11 is 1.31. The number of amides is 2. The van der Waals surface area contributed by atoms with E-state index in [0.29, 0.717) is 16.6 Å². The molecule has 0 aliphatic rings. The van der Waals surface area contributed by atoms with E-state index in [1.165, 1.54) is 17.6 Å². The molecule has 0 atom stereocenters. The first-order valence-electron chi connectivity index (χ1n) is 8.81. The lowest BCUT2D eigenvalue weighted by Crippen LogP contribution is -2.20. The van der Waals surface area contributed by atoms with E-state index < -0.39 is 0 Å². The molecule has 0 saturated carbocycles. The highest BCUT2D eigenvalue weighted by atomic mass is 32.1. The van der Waals surface area contributed by atoms with Crippen molar-refractivity contribution in [3.63, 3.8) is 0 Å². The largest absolute Gasteiger partial charge is 0.484 e. The molecular weight excluding hydrogens is 390 g/mol. The van der Waals surface area contributed by atoms with Crippen LogP contribution in [0, 0.1) is 6.92 Å². The van der Waals surface area contributed by atoms with Gasteiger partial charge < -0.3 is 14.5 Å². The summed E-state index contributed by atoms with van der Waals surface area (Å²) < 4.78 is 11.4. The van der Waals surface area contributed by atoms with Crippen LogP contribution in [-0.2, 0) is 4.79 Å². The van der Waals surface area contributed by atoms with E-state index in [-0.39, 0.29) is 24.2 Å². The van der Waals surface area contributed by atoms with Gasteiger partial charge in [0.25, 0.3) is 11.8 Å². The van der Waals surface area contributed by atoms with E-state index >= 15 is 0 Å². The van der Waals surface area contributed by atoms with Gasteiger partial charge in [-0.25, -0.2) is 4.98 Å². The molecule has 2 amide bonds.